The van der Waals surface area contributed by atoms with E-state index >= 15 is 0 Å². The molecule has 2 heteroatoms. The maximum atomic E-state index is 12.9. The van der Waals surface area contributed by atoms with Gasteiger partial charge in [-0.25, -0.2) is 4.39 Å². The van der Waals surface area contributed by atoms with Gasteiger partial charge in [0.2, 0.25) is 0 Å². The lowest BCUT2D eigenvalue weighted by Gasteiger charge is -1.98. The van der Waals surface area contributed by atoms with E-state index in [1.165, 1.54) is 12.1 Å². The zero-order valence-electron chi connectivity index (χ0n) is 8.38. The van der Waals surface area contributed by atoms with Gasteiger partial charge in [-0.2, -0.15) is 0 Å². The first-order valence-electron chi connectivity index (χ1n) is 4.83. The highest BCUT2D eigenvalue weighted by molar-refractivity contribution is 5.77. The Morgan fingerprint density at radius 2 is 2.07 bits per heavy atom. The smallest absolute Gasteiger partial charge is 0.134 e. The third-order valence-corrected chi connectivity index (χ3v) is 2.14. The van der Waals surface area contributed by atoms with E-state index in [2.05, 4.69) is 13.8 Å². The predicted octanol–water partition coefficient (Wildman–Crippen LogP) is 3.77. The lowest BCUT2D eigenvalue weighted by Crippen LogP contribution is -1.90. The third-order valence-electron chi connectivity index (χ3n) is 2.14. The lowest BCUT2D eigenvalue weighted by atomic mass is 10.1. The highest BCUT2D eigenvalue weighted by Crippen LogP contribution is 2.22. The molecular weight excluding hydrogens is 179 g/mol. The second-order valence-corrected chi connectivity index (χ2v) is 3.99. The van der Waals surface area contributed by atoms with Gasteiger partial charge in [0.05, 0.1) is 0 Å². The molecule has 0 saturated heterocycles. The van der Waals surface area contributed by atoms with Crippen LogP contribution in [0.4, 0.5) is 4.39 Å². The van der Waals surface area contributed by atoms with Crippen LogP contribution in [0.2, 0.25) is 0 Å². The zero-order valence-corrected chi connectivity index (χ0v) is 8.38. The van der Waals surface area contributed by atoms with Crippen molar-refractivity contribution in [3.63, 3.8) is 0 Å². The largest absolute Gasteiger partial charge is 0.461 e. The zero-order chi connectivity index (χ0) is 10.1. The van der Waals surface area contributed by atoms with Crippen molar-refractivity contribution in [1.29, 1.82) is 0 Å². The Kier molecular flexibility index (Phi) is 2.28. The third kappa shape index (κ3) is 1.79. The van der Waals surface area contributed by atoms with Gasteiger partial charge in [-0.05, 0) is 30.2 Å². The van der Waals surface area contributed by atoms with Crippen molar-refractivity contribution in [1.82, 2.24) is 0 Å². The molecule has 0 saturated carbocycles. The van der Waals surface area contributed by atoms with Crippen LogP contribution in [0.1, 0.15) is 19.6 Å². The fourth-order valence-electron chi connectivity index (χ4n) is 1.57. The molecule has 0 bridgehead atoms. The second kappa shape index (κ2) is 3.45. The maximum absolute atomic E-state index is 12.9. The van der Waals surface area contributed by atoms with E-state index in [0.29, 0.717) is 5.92 Å². The minimum atomic E-state index is -0.214. The first kappa shape index (κ1) is 9.25. The van der Waals surface area contributed by atoms with E-state index in [9.17, 15) is 4.39 Å². The van der Waals surface area contributed by atoms with Crippen LogP contribution in [0.25, 0.3) is 11.0 Å². The number of hydrogen-bond donors (Lipinski definition) is 0. The number of benzene rings is 1. The minimum Gasteiger partial charge on any atom is -0.461 e. The number of furan rings is 1. The molecule has 0 unspecified atom stereocenters. The average molecular weight is 192 g/mol. The summed E-state index contributed by atoms with van der Waals surface area (Å²) in [6.07, 6.45) is 0.899. The lowest BCUT2D eigenvalue weighted by molar-refractivity contribution is 0.499. The molecule has 0 N–H and O–H groups in total. The van der Waals surface area contributed by atoms with Crippen molar-refractivity contribution < 1.29 is 8.81 Å². The van der Waals surface area contributed by atoms with Gasteiger partial charge in [0.25, 0.3) is 0 Å². The van der Waals surface area contributed by atoms with Gasteiger partial charge in [0.15, 0.2) is 0 Å². The molecule has 1 aromatic carbocycles. The van der Waals surface area contributed by atoms with Gasteiger partial charge in [0.1, 0.15) is 17.2 Å². The highest BCUT2D eigenvalue weighted by atomic mass is 19.1. The van der Waals surface area contributed by atoms with Gasteiger partial charge >= 0.3 is 0 Å². The predicted molar refractivity (Wildman–Crippen MR) is 54.7 cm³/mol. The second-order valence-electron chi connectivity index (χ2n) is 3.99. The Labute approximate surface area is 82.5 Å². The maximum Gasteiger partial charge on any atom is 0.134 e. The van der Waals surface area contributed by atoms with Crippen molar-refractivity contribution in [2.24, 2.45) is 5.92 Å². The molecule has 14 heavy (non-hydrogen) atoms. The van der Waals surface area contributed by atoms with Crippen molar-refractivity contribution in [2.75, 3.05) is 0 Å². The molecule has 0 aliphatic rings. The molecule has 74 valence electrons. The fourth-order valence-corrected chi connectivity index (χ4v) is 1.57. The molecule has 0 radical (unpaired) electrons. The standard InChI is InChI=1S/C12H13FO/c1-8(2)5-11-7-9-6-10(13)3-4-12(9)14-11/h3-4,6-8H,5H2,1-2H3. The number of fused-ring (bicyclic) bond motifs is 1. The van der Waals surface area contributed by atoms with Crippen LogP contribution in [0.5, 0.6) is 0 Å². The summed E-state index contributed by atoms with van der Waals surface area (Å²) in [4.78, 5) is 0. The van der Waals surface area contributed by atoms with Gasteiger partial charge in [-0.1, -0.05) is 13.8 Å². The van der Waals surface area contributed by atoms with Crippen LogP contribution in [-0.2, 0) is 6.42 Å². The first-order chi connectivity index (χ1) is 6.65. The van der Waals surface area contributed by atoms with Crippen LogP contribution >= 0.6 is 0 Å². The Hall–Kier alpha value is -1.31. The van der Waals surface area contributed by atoms with Crippen LogP contribution in [0.3, 0.4) is 0 Å². The summed E-state index contributed by atoms with van der Waals surface area (Å²) in [5, 5.41) is 0.848. The normalized spacial score (nSPS) is 11.4. The summed E-state index contributed by atoms with van der Waals surface area (Å²) in [5.74, 6) is 1.27. The molecule has 2 aromatic rings. The Bertz CT molecular complexity index is 443. The van der Waals surface area contributed by atoms with E-state index in [1.54, 1.807) is 6.07 Å². The molecule has 1 aromatic heterocycles. The Morgan fingerprint density at radius 1 is 1.29 bits per heavy atom. The SMILES string of the molecule is CC(C)Cc1cc2cc(F)ccc2o1. The Balaban J connectivity index is 2.41. The number of hydrogen-bond acceptors (Lipinski definition) is 1. The first-order valence-corrected chi connectivity index (χ1v) is 4.83. The van der Waals surface area contributed by atoms with Crippen LogP contribution in [0, 0.1) is 11.7 Å². The van der Waals surface area contributed by atoms with Crippen molar-refractivity contribution in [3.8, 4) is 0 Å². The summed E-state index contributed by atoms with van der Waals surface area (Å²) >= 11 is 0. The Morgan fingerprint density at radius 3 is 2.79 bits per heavy atom. The summed E-state index contributed by atoms with van der Waals surface area (Å²) < 4.78 is 18.4. The minimum absolute atomic E-state index is 0.214. The van der Waals surface area contributed by atoms with Crippen LogP contribution in [-0.4, -0.2) is 0 Å². The fraction of sp³-hybridized carbons (Fsp3) is 0.333. The monoisotopic (exact) mass is 192 g/mol. The van der Waals surface area contributed by atoms with Crippen LogP contribution in [0.15, 0.2) is 28.7 Å². The molecule has 1 nitrogen and oxygen atoms in total. The van der Waals surface area contributed by atoms with Crippen LogP contribution < -0.4 is 0 Å². The highest BCUT2D eigenvalue weighted by Gasteiger charge is 2.05. The van der Waals surface area contributed by atoms with Gasteiger partial charge in [0, 0.05) is 11.8 Å². The molecule has 0 spiro atoms. The van der Waals surface area contributed by atoms with E-state index in [0.717, 1.165) is 23.2 Å². The quantitative estimate of drug-likeness (QED) is 0.705. The van der Waals surface area contributed by atoms with Gasteiger partial charge in [-0.15, -0.1) is 0 Å². The number of rotatable bonds is 2. The summed E-state index contributed by atoms with van der Waals surface area (Å²) in [6.45, 7) is 4.27. The van der Waals surface area contributed by atoms with E-state index < -0.39 is 0 Å². The molecule has 0 fully saturated rings. The average Bonchev–Trinajstić information content (AvgIpc) is 2.44. The van der Waals surface area contributed by atoms with Gasteiger partial charge in [-0.3, -0.25) is 0 Å². The number of halogens is 1. The van der Waals surface area contributed by atoms with E-state index in [-0.39, 0.29) is 5.82 Å². The molecule has 0 atom stereocenters. The summed E-state index contributed by atoms with van der Waals surface area (Å²) in [5.41, 5.74) is 0.766. The topological polar surface area (TPSA) is 13.1 Å². The van der Waals surface area contributed by atoms with E-state index in [1.807, 2.05) is 6.07 Å². The molecule has 0 aliphatic carbocycles. The molecule has 0 aliphatic heterocycles. The van der Waals surface area contributed by atoms with Crippen molar-refractivity contribution >= 4 is 11.0 Å². The van der Waals surface area contributed by atoms with Crippen molar-refractivity contribution in [3.05, 3.63) is 35.8 Å². The van der Waals surface area contributed by atoms with E-state index in [4.69, 9.17) is 4.42 Å². The molecule has 0 amide bonds. The summed E-state index contributed by atoms with van der Waals surface area (Å²) in [6, 6.07) is 6.51. The van der Waals surface area contributed by atoms with Crippen molar-refractivity contribution in [2.45, 2.75) is 20.3 Å². The van der Waals surface area contributed by atoms with Gasteiger partial charge < -0.3 is 4.42 Å². The molecule has 2 rings (SSSR count). The summed E-state index contributed by atoms with van der Waals surface area (Å²) in [7, 11) is 0. The molecular formula is C12H13FO. The molecule has 1 heterocycles.